The molecule has 142 valence electrons. The Kier molecular flexibility index (Phi) is 7.61. The minimum atomic E-state index is -1.18. The van der Waals surface area contributed by atoms with E-state index in [4.69, 9.17) is 4.74 Å². The van der Waals surface area contributed by atoms with Crippen LogP contribution in [0.3, 0.4) is 0 Å². The summed E-state index contributed by atoms with van der Waals surface area (Å²) in [6, 6.07) is 14.4. The standard InChI is InChI=1S/C21H22BrNO4/c1-3-6-14(2)20(24)23-18(21(25)26)13-15-9-11-16(12-10-15)27-19-8-5-4-7-17(19)22/h4-5,7-14H,3,6H2,1-2H3,(H,23,24)(H,25,26)/b18-13-. The molecule has 2 aromatic carbocycles. The Morgan fingerprint density at radius 1 is 1.19 bits per heavy atom. The fraction of sp³-hybridized carbons (Fsp3) is 0.238. The zero-order valence-electron chi connectivity index (χ0n) is 15.2. The van der Waals surface area contributed by atoms with Crippen LogP contribution in [0.2, 0.25) is 0 Å². The largest absolute Gasteiger partial charge is 0.477 e. The summed E-state index contributed by atoms with van der Waals surface area (Å²) in [7, 11) is 0. The molecule has 0 heterocycles. The number of carboxylic acid groups (broad SMARTS) is 1. The van der Waals surface area contributed by atoms with Gasteiger partial charge < -0.3 is 15.2 Å². The number of rotatable bonds is 8. The van der Waals surface area contributed by atoms with Gasteiger partial charge in [0.15, 0.2) is 0 Å². The molecular weight excluding hydrogens is 410 g/mol. The van der Waals surface area contributed by atoms with Crippen LogP contribution < -0.4 is 10.1 Å². The first kappa shape index (κ1) is 20.7. The van der Waals surface area contributed by atoms with E-state index < -0.39 is 5.97 Å². The van der Waals surface area contributed by atoms with Crippen molar-refractivity contribution in [3.8, 4) is 11.5 Å². The first-order valence-electron chi connectivity index (χ1n) is 8.69. The topological polar surface area (TPSA) is 75.6 Å². The fourth-order valence-corrected chi connectivity index (χ4v) is 2.79. The number of amides is 1. The van der Waals surface area contributed by atoms with Crippen molar-refractivity contribution in [1.29, 1.82) is 0 Å². The Labute approximate surface area is 167 Å². The van der Waals surface area contributed by atoms with Gasteiger partial charge in [-0.05, 0) is 58.3 Å². The number of carbonyl (C=O) groups excluding carboxylic acids is 1. The molecule has 0 fully saturated rings. The zero-order chi connectivity index (χ0) is 19.8. The molecule has 27 heavy (non-hydrogen) atoms. The van der Waals surface area contributed by atoms with Crippen LogP contribution in [0.1, 0.15) is 32.3 Å². The Morgan fingerprint density at radius 3 is 2.44 bits per heavy atom. The second-order valence-electron chi connectivity index (χ2n) is 6.14. The number of carbonyl (C=O) groups is 2. The van der Waals surface area contributed by atoms with E-state index >= 15 is 0 Å². The first-order chi connectivity index (χ1) is 12.9. The van der Waals surface area contributed by atoms with Gasteiger partial charge in [-0.3, -0.25) is 4.79 Å². The quantitative estimate of drug-likeness (QED) is 0.561. The molecule has 1 atom stereocenters. The van der Waals surface area contributed by atoms with Crippen LogP contribution in [0.4, 0.5) is 0 Å². The van der Waals surface area contributed by atoms with E-state index in [-0.39, 0.29) is 17.5 Å². The number of carboxylic acids is 1. The number of para-hydroxylation sites is 1. The average Bonchev–Trinajstić information content (AvgIpc) is 2.64. The zero-order valence-corrected chi connectivity index (χ0v) is 16.8. The Morgan fingerprint density at radius 2 is 1.85 bits per heavy atom. The van der Waals surface area contributed by atoms with Gasteiger partial charge in [-0.1, -0.05) is 44.5 Å². The van der Waals surface area contributed by atoms with Gasteiger partial charge in [0, 0.05) is 5.92 Å². The monoisotopic (exact) mass is 431 g/mol. The predicted octanol–water partition coefficient (Wildman–Crippen LogP) is 5.22. The molecule has 0 aliphatic rings. The highest BCUT2D eigenvalue weighted by Crippen LogP contribution is 2.29. The van der Waals surface area contributed by atoms with Crippen LogP contribution in [-0.2, 0) is 9.59 Å². The number of halogens is 1. The predicted molar refractivity (Wildman–Crippen MR) is 108 cm³/mol. The van der Waals surface area contributed by atoms with Crippen molar-refractivity contribution < 1.29 is 19.4 Å². The van der Waals surface area contributed by atoms with Crippen molar-refractivity contribution in [2.75, 3.05) is 0 Å². The Bertz CT molecular complexity index is 830. The Balaban J connectivity index is 2.12. The van der Waals surface area contributed by atoms with Crippen LogP contribution in [0.25, 0.3) is 6.08 Å². The summed E-state index contributed by atoms with van der Waals surface area (Å²) >= 11 is 3.42. The highest BCUT2D eigenvalue weighted by atomic mass is 79.9. The van der Waals surface area contributed by atoms with E-state index in [1.54, 1.807) is 31.2 Å². The third-order valence-corrected chi connectivity index (χ3v) is 4.57. The molecule has 1 unspecified atom stereocenters. The van der Waals surface area contributed by atoms with E-state index in [2.05, 4.69) is 21.2 Å². The molecule has 0 aliphatic carbocycles. The second-order valence-corrected chi connectivity index (χ2v) is 7.00. The molecular formula is C21H22BrNO4. The molecule has 0 aromatic heterocycles. The maximum Gasteiger partial charge on any atom is 0.352 e. The summed E-state index contributed by atoms with van der Waals surface area (Å²) in [4.78, 5) is 23.5. The fourth-order valence-electron chi connectivity index (χ4n) is 2.42. The van der Waals surface area contributed by atoms with E-state index in [9.17, 15) is 14.7 Å². The highest BCUT2D eigenvalue weighted by Gasteiger charge is 2.16. The lowest BCUT2D eigenvalue weighted by atomic mass is 10.1. The van der Waals surface area contributed by atoms with Crippen molar-refractivity contribution in [2.24, 2.45) is 5.92 Å². The molecule has 0 bridgehead atoms. The number of nitrogens with one attached hydrogen (secondary N) is 1. The van der Waals surface area contributed by atoms with Crippen LogP contribution in [0.5, 0.6) is 11.5 Å². The highest BCUT2D eigenvalue weighted by molar-refractivity contribution is 9.10. The van der Waals surface area contributed by atoms with Crippen molar-refractivity contribution in [2.45, 2.75) is 26.7 Å². The van der Waals surface area contributed by atoms with Crippen LogP contribution in [-0.4, -0.2) is 17.0 Å². The van der Waals surface area contributed by atoms with E-state index in [0.717, 1.165) is 10.9 Å². The molecule has 5 nitrogen and oxygen atoms in total. The molecule has 0 aliphatic heterocycles. The molecule has 0 saturated carbocycles. The molecule has 1 amide bonds. The summed E-state index contributed by atoms with van der Waals surface area (Å²) in [5.41, 5.74) is 0.498. The van der Waals surface area contributed by atoms with Gasteiger partial charge in [0.05, 0.1) is 4.47 Å². The van der Waals surface area contributed by atoms with Crippen LogP contribution in [0, 0.1) is 5.92 Å². The molecule has 2 rings (SSSR count). The number of benzene rings is 2. The minimum Gasteiger partial charge on any atom is -0.477 e. The SMILES string of the molecule is CCCC(C)C(=O)N/C(=C\c1ccc(Oc2ccccc2Br)cc1)C(=O)O. The van der Waals surface area contributed by atoms with Crippen molar-refractivity contribution in [3.63, 3.8) is 0 Å². The molecule has 0 saturated heterocycles. The molecule has 2 N–H and O–H groups in total. The van der Waals surface area contributed by atoms with Crippen LogP contribution >= 0.6 is 15.9 Å². The summed E-state index contributed by atoms with van der Waals surface area (Å²) in [6.07, 6.45) is 3.00. The smallest absolute Gasteiger partial charge is 0.352 e. The lowest BCUT2D eigenvalue weighted by molar-refractivity contribution is -0.135. The summed E-state index contributed by atoms with van der Waals surface area (Å²) in [5, 5.41) is 11.9. The van der Waals surface area contributed by atoms with Gasteiger partial charge in [-0.15, -0.1) is 0 Å². The molecule has 0 spiro atoms. The first-order valence-corrected chi connectivity index (χ1v) is 9.48. The van der Waals surface area contributed by atoms with Crippen LogP contribution in [0.15, 0.2) is 58.7 Å². The maximum absolute atomic E-state index is 12.1. The van der Waals surface area contributed by atoms with Gasteiger partial charge in [-0.2, -0.15) is 0 Å². The molecule has 2 aromatic rings. The Hall–Kier alpha value is -2.60. The van der Waals surface area contributed by atoms with Gasteiger partial charge in [-0.25, -0.2) is 4.79 Å². The maximum atomic E-state index is 12.1. The second kappa shape index (κ2) is 9.92. The molecule has 6 heteroatoms. The van der Waals surface area contributed by atoms with Crippen molar-refractivity contribution >= 4 is 33.9 Å². The third kappa shape index (κ3) is 6.25. The van der Waals surface area contributed by atoms with Gasteiger partial charge >= 0.3 is 5.97 Å². The summed E-state index contributed by atoms with van der Waals surface area (Å²) < 4.78 is 6.62. The summed E-state index contributed by atoms with van der Waals surface area (Å²) in [5.74, 6) is -0.404. The van der Waals surface area contributed by atoms with E-state index in [0.29, 0.717) is 23.5 Å². The number of aliphatic carboxylic acids is 1. The normalized spacial score (nSPS) is 12.3. The van der Waals surface area contributed by atoms with E-state index in [1.165, 1.54) is 6.08 Å². The molecule has 0 radical (unpaired) electrons. The lowest BCUT2D eigenvalue weighted by Gasteiger charge is -2.12. The number of hydrogen-bond acceptors (Lipinski definition) is 3. The minimum absolute atomic E-state index is 0.151. The van der Waals surface area contributed by atoms with Gasteiger partial charge in [0.1, 0.15) is 17.2 Å². The van der Waals surface area contributed by atoms with Gasteiger partial charge in [0.2, 0.25) is 5.91 Å². The van der Waals surface area contributed by atoms with Crippen molar-refractivity contribution in [1.82, 2.24) is 5.32 Å². The number of hydrogen-bond donors (Lipinski definition) is 2. The average molecular weight is 432 g/mol. The van der Waals surface area contributed by atoms with Gasteiger partial charge in [0.25, 0.3) is 0 Å². The van der Waals surface area contributed by atoms with E-state index in [1.807, 2.05) is 31.2 Å². The summed E-state index contributed by atoms with van der Waals surface area (Å²) in [6.45, 7) is 3.77. The third-order valence-electron chi connectivity index (χ3n) is 3.91. The number of ether oxygens (including phenoxy) is 1. The lowest BCUT2D eigenvalue weighted by Crippen LogP contribution is -2.31. The van der Waals surface area contributed by atoms with Crippen molar-refractivity contribution in [3.05, 3.63) is 64.3 Å².